The average molecular weight is 452 g/mol. The number of hydrogen-bond donors (Lipinski definition) is 1. The van der Waals surface area contributed by atoms with Crippen molar-refractivity contribution in [2.45, 2.75) is 12.3 Å². The van der Waals surface area contributed by atoms with E-state index in [2.05, 4.69) is 43.4 Å². The van der Waals surface area contributed by atoms with Crippen LogP contribution in [0.2, 0.25) is 0 Å². The molecule has 8 nitrogen and oxygen atoms in total. The second kappa shape index (κ2) is 9.99. The molecule has 1 fully saturated rings. The lowest BCUT2D eigenvalue weighted by atomic mass is 10.1. The number of benzene rings is 2. The van der Waals surface area contributed by atoms with Gasteiger partial charge in [0.15, 0.2) is 0 Å². The van der Waals surface area contributed by atoms with E-state index in [1.807, 2.05) is 24.3 Å². The van der Waals surface area contributed by atoms with E-state index in [1.165, 1.54) is 11.9 Å². The van der Waals surface area contributed by atoms with Gasteiger partial charge in [-0.15, -0.1) is 0 Å². The summed E-state index contributed by atoms with van der Waals surface area (Å²) in [6, 6.07) is 17.3. The van der Waals surface area contributed by atoms with Crippen molar-refractivity contribution in [3.05, 3.63) is 72.1 Å². The monoisotopic (exact) mass is 451 g/mol. The van der Waals surface area contributed by atoms with Gasteiger partial charge in [0.05, 0.1) is 24.7 Å². The second-order valence-corrected chi connectivity index (χ2v) is 9.27. The quantitative estimate of drug-likeness (QED) is 0.525. The fourth-order valence-electron chi connectivity index (χ4n) is 3.57. The molecule has 0 amide bonds. The largest absolute Gasteiger partial charge is 0.379 e. The number of morpholine rings is 1. The number of nitrogens with one attached hydrogen (secondary N) is 1. The van der Waals surface area contributed by atoms with Crippen molar-refractivity contribution in [3.8, 4) is 11.3 Å². The van der Waals surface area contributed by atoms with Crippen molar-refractivity contribution in [2.75, 3.05) is 31.6 Å². The Morgan fingerprint density at radius 3 is 2.62 bits per heavy atom. The van der Waals surface area contributed by atoms with E-state index >= 15 is 0 Å². The Hall–Kier alpha value is -3.14. The Kier molecular flexibility index (Phi) is 6.89. The Bertz CT molecular complexity index is 1190. The molecule has 1 N–H and O–H groups in total. The zero-order valence-electron chi connectivity index (χ0n) is 17.6. The highest BCUT2D eigenvalue weighted by Crippen LogP contribution is 2.23. The Morgan fingerprint density at radius 2 is 1.81 bits per heavy atom. The summed E-state index contributed by atoms with van der Waals surface area (Å²) in [7, 11) is -3.57. The topological polar surface area (TPSA) is 96.8 Å². The standard InChI is InChI=1S/C23H25N5O3S/c1-24-32(29,30)16-19-5-3-7-21(13-19)27-23-14-22(25-17-26-23)20-6-2-4-18(12-20)15-28-8-10-31-11-9-28/h2-7,12-14,17H,1,8-11,15-16H2,(H,25,26,27). The first-order chi connectivity index (χ1) is 15.5. The number of hydrogen-bond acceptors (Lipinski definition) is 7. The molecular formula is C23H25N5O3S. The van der Waals surface area contributed by atoms with Crippen LogP contribution in [-0.2, 0) is 27.1 Å². The number of sulfonamides is 1. The zero-order chi connectivity index (χ0) is 22.4. The maximum Gasteiger partial charge on any atom is 0.256 e. The van der Waals surface area contributed by atoms with Crippen LogP contribution in [0.1, 0.15) is 11.1 Å². The highest BCUT2D eigenvalue weighted by Gasteiger charge is 2.12. The van der Waals surface area contributed by atoms with E-state index in [4.69, 9.17) is 4.74 Å². The predicted octanol–water partition coefficient (Wildman–Crippen LogP) is 3.25. The minimum Gasteiger partial charge on any atom is -0.379 e. The van der Waals surface area contributed by atoms with E-state index in [0.717, 1.165) is 49.8 Å². The molecule has 0 saturated carbocycles. The number of aromatic nitrogens is 2. The van der Waals surface area contributed by atoms with E-state index < -0.39 is 10.0 Å². The van der Waals surface area contributed by atoms with Crippen LogP contribution in [0, 0.1) is 0 Å². The molecule has 1 aliphatic rings. The molecule has 1 aromatic heterocycles. The SMILES string of the molecule is C=NS(=O)(=O)Cc1cccc(Nc2cc(-c3cccc(CN4CCOCC4)c3)ncn2)c1. The minimum atomic E-state index is -3.57. The molecule has 0 radical (unpaired) electrons. The molecule has 4 rings (SSSR count). The first-order valence-electron chi connectivity index (χ1n) is 10.3. The molecule has 0 unspecified atom stereocenters. The van der Waals surface area contributed by atoms with Crippen LogP contribution in [-0.4, -0.2) is 56.3 Å². The molecule has 9 heteroatoms. The maximum atomic E-state index is 11.7. The van der Waals surface area contributed by atoms with Gasteiger partial charge in [0.1, 0.15) is 12.1 Å². The first kappa shape index (κ1) is 22.1. The number of ether oxygens (including phenoxy) is 1. The normalized spacial score (nSPS) is 14.8. The molecule has 2 heterocycles. The van der Waals surface area contributed by atoms with Gasteiger partial charge in [-0.05, 0) is 29.3 Å². The van der Waals surface area contributed by atoms with Gasteiger partial charge >= 0.3 is 0 Å². The summed E-state index contributed by atoms with van der Waals surface area (Å²) in [6.45, 7) is 7.43. The summed E-state index contributed by atoms with van der Waals surface area (Å²) in [5.41, 5.74) is 4.39. The highest BCUT2D eigenvalue weighted by molar-refractivity contribution is 7.89. The van der Waals surface area contributed by atoms with E-state index in [-0.39, 0.29) is 5.75 Å². The lowest BCUT2D eigenvalue weighted by Gasteiger charge is -2.26. The molecular weight excluding hydrogens is 426 g/mol. The third kappa shape index (κ3) is 5.97. The summed E-state index contributed by atoms with van der Waals surface area (Å²) in [4.78, 5) is 11.1. The molecule has 1 aliphatic heterocycles. The highest BCUT2D eigenvalue weighted by atomic mass is 32.2. The molecule has 0 atom stereocenters. The number of nitrogens with zero attached hydrogens (tertiary/aromatic N) is 4. The third-order valence-electron chi connectivity index (χ3n) is 5.14. The van der Waals surface area contributed by atoms with Gasteiger partial charge in [-0.1, -0.05) is 30.3 Å². The number of rotatable bonds is 8. The van der Waals surface area contributed by atoms with Gasteiger partial charge in [-0.3, -0.25) is 4.90 Å². The second-order valence-electron chi connectivity index (χ2n) is 7.56. The van der Waals surface area contributed by atoms with Crippen molar-refractivity contribution in [2.24, 2.45) is 4.40 Å². The van der Waals surface area contributed by atoms with Crippen molar-refractivity contribution < 1.29 is 13.2 Å². The van der Waals surface area contributed by atoms with Crippen LogP contribution in [0.3, 0.4) is 0 Å². The summed E-state index contributed by atoms with van der Waals surface area (Å²) in [6.07, 6.45) is 1.52. The van der Waals surface area contributed by atoms with Gasteiger partial charge in [-0.2, -0.15) is 4.40 Å². The van der Waals surface area contributed by atoms with E-state index in [9.17, 15) is 8.42 Å². The fraction of sp³-hybridized carbons (Fsp3) is 0.261. The molecule has 2 aromatic carbocycles. The van der Waals surface area contributed by atoms with Gasteiger partial charge in [0, 0.05) is 43.7 Å². The number of anilines is 2. The van der Waals surface area contributed by atoms with Crippen LogP contribution in [0.15, 0.2) is 65.3 Å². The van der Waals surface area contributed by atoms with Gasteiger partial charge < -0.3 is 10.1 Å². The van der Waals surface area contributed by atoms with Crippen LogP contribution in [0.4, 0.5) is 11.5 Å². The van der Waals surface area contributed by atoms with Crippen LogP contribution < -0.4 is 5.32 Å². The molecule has 0 spiro atoms. The molecule has 0 bridgehead atoms. The maximum absolute atomic E-state index is 11.7. The summed E-state index contributed by atoms with van der Waals surface area (Å²) < 4.78 is 32.0. The third-order valence-corrected chi connectivity index (χ3v) is 6.24. The minimum absolute atomic E-state index is 0.197. The van der Waals surface area contributed by atoms with Crippen LogP contribution in [0.25, 0.3) is 11.3 Å². The van der Waals surface area contributed by atoms with Gasteiger partial charge in [0.2, 0.25) is 0 Å². The van der Waals surface area contributed by atoms with Crippen LogP contribution >= 0.6 is 0 Å². The average Bonchev–Trinajstić information content (AvgIpc) is 2.80. The summed E-state index contributed by atoms with van der Waals surface area (Å²) in [5.74, 6) is 0.423. The van der Waals surface area contributed by atoms with Crippen molar-refractivity contribution in [1.29, 1.82) is 0 Å². The summed E-state index contributed by atoms with van der Waals surface area (Å²) >= 11 is 0. The molecule has 3 aromatic rings. The first-order valence-corrected chi connectivity index (χ1v) is 11.9. The van der Waals surface area contributed by atoms with Crippen molar-refractivity contribution in [3.63, 3.8) is 0 Å². The smallest absolute Gasteiger partial charge is 0.256 e. The Labute approximate surface area is 188 Å². The molecule has 166 valence electrons. The van der Waals surface area contributed by atoms with Gasteiger partial charge in [0.25, 0.3) is 10.0 Å². The predicted molar refractivity (Wildman–Crippen MR) is 125 cm³/mol. The Morgan fingerprint density at radius 1 is 1.03 bits per heavy atom. The van der Waals surface area contributed by atoms with Crippen molar-refractivity contribution in [1.82, 2.24) is 14.9 Å². The summed E-state index contributed by atoms with van der Waals surface area (Å²) in [5, 5.41) is 3.22. The van der Waals surface area contributed by atoms with E-state index in [1.54, 1.807) is 18.2 Å². The van der Waals surface area contributed by atoms with Gasteiger partial charge in [-0.25, -0.2) is 18.4 Å². The van der Waals surface area contributed by atoms with Crippen molar-refractivity contribution >= 4 is 28.2 Å². The molecule has 1 saturated heterocycles. The zero-order valence-corrected chi connectivity index (χ0v) is 18.5. The lowest BCUT2D eigenvalue weighted by molar-refractivity contribution is 0.0342. The fourth-order valence-corrected chi connectivity index (χ4v) is 4.27. The lowest BCUT2D eigenvalue weighted by Crippen LogP contribution is -2.35. The van der Waals surface area contributed by atoms with E-state index in [0.29, 0.717) is 11.4 Å². The molecule has 0 aliphatic carbocycles. The van der Waals surface area contributed by atoms with Crippen LogP contribution in [0.5, 0.6) is 0 Å². The Balaban J connectivity index is 1.49. The molecule has 32 heavy (non-hydrogen) atoms.